The van der Waals surface area contributed by atoms with Gasteiger partial charge in [-0.1, -0.05) is 72.3 Å². The minimum atomic E-state index is -1.23. The smallest absolute Gasteiger partial charge is 0.250 e. The standard InChI is InChI=1S/C39H46N6O6/c1-26-10-12-29(13-11-26)35(46)30-18-20-44(21-19-30)37(48)34(28-14-16-31(50-4)17-15-28)45-22-33(41-25-45)43-36(47)32(42-38(49)39(2,3)40)24-51-23-27-8-6-5-7-9-27/h5-17,22,25,30,32,34H,18-21,23-24,40H2,1-4H3,(H,42,49)(H,43,47)/t32-,34?/m1/s1. The Balaban J connectivity index is 1.31. The highest BCUT2D eigenvalue weighted by Gasteiger charge is 2.34. The van der Waals surface area contributed by atoms with Gasteiger partial charge in [0.1, 0.15) is 17.8 Å². The van der Waals surface area contributed by atoms with Crippen LogP contribution in [0.1, 0.15) is 59.8 Å². The number of hydrogen-bond donors (Lipinski definition) is 3. The lowest BCUT2D eigenvalue weighted by atomic mass is 9.88. The number of aryl methyl sites for hydroxylation is 1. The van der Waals surface area contributed by atoms with Gasteiger partial charge in [-0.05, 0) is 56.9 Å². The van der Waals surface area contributed by atoms with E-state index in [1.165, 1.54) is 6.33 Å². The summed E-state index contributed by atoms with van der Waals surface area (Å²) < 4.78 is 12.8. The summed E-state index contributed by atoms with van der Waals surface area (Å²) in [6.07, 6.45) is 4.17. The number of imidazole rings is 1. The zero-order chi connectivity index (χ0) is 36.5. The molecule has 1 aromatic heterocycles. The monoisotopic (exact) mass is 694 g/mol. The molecular weight excluding hydrogens is 648 g/mol. The number of aromatic nitrogens is 2. The van der Waals surface area contributed by atoms with Crippen molar-refractivity contribution < 1.29 is 28.7 Å². The molecule has 5 rings (SSSR count). The number of nitrogens with one attached hydrogen (secondary N) is 2. The average molecular weight is 695 g/mol. The van der Waals surface area contributed by atoms with Crippen molar-refractivity contribution in [2.45, 2.75) is 57.8 Å². The number of nitrogens with two attached hydrogens (primary N) is 1. The lowest BCUT2D eigenvalue weighted by Gasteiger charge is -2.34. The molecule has 0 bridgehead atoms. The highest BCUT2D eigenvalue weighted by atomic mass is 16.5. The second-order valence-corrected chi connectivity index (χ2v) is 13.4. The predicted molar refractivity (Wildman–Crippen MR) is 193 cm³/mol. The number of likely N-dealkylation sites (tertiary alicyclic amines) is 1. The fraction of sp³-hybridized carbons (Fsp3) is 0.359. The number of methoxy groups -OCH3 is 1. The van der Waals surface area contributed by atoms with Gasteiger partial charge in [0.25, 0.3) is 5.91 Å². The fourth-order valence-electron chi connectivity index (χ4n) is 5.87. The summed E-state index contributed by atoms with van der Waals surface area (Å²) in [6, 6.07) is 22.4. The Hall–Kier alpha value is -5.33. The first-order chi connectivity index (χ1) is 24.4. The van der Waals surface area contributed by atoms with Crippen LogP contribution in [-0.2, 0) is 25.7 Å². The number of hydrogen-bond acceptors (Lipinski definition) is 8. The summed E-state index contributed by atoms with van der Waals surface area (Å²) in [5.41, 5.74) is 8.15. The van der Waals surface area contributed by atoms with Crippen LogP contribution in [0.25, 0.3) is 0 Å². The van der Waals surface area contributed by atoms with Crippen LogP contribution >= 0.6 is 0 Å². The number of benzene rings is 3. The van der Waals surface area contributed by atoms with E-state index in [2.05, 4.69) is 15.6 Å². The molecule has 1 aliphatic heterocycles. The molecule has 2 atom stereocenters. The predicted octanol–water partition coefficient (Wildman–Crippen LogP) is 4.29. The van der Waals surface area contributed by atoms with E-state index in [4.69, 9.17) is 15.2 Å². The van der Waals surface area contributed by atoms with E-state index in [1.807, 2.05) is 73.7 Å². The zero-order valence-electron chi connectivity index (χ0n) is 29.5. The maximum atomic E-state index is 14.2. The SMILES string of the molecule is COc1ccc(C(C(=O)N2CCC(C(=O)c3ccc(C)cc3)CC2)n2cnc(NC(=O)[C@@H](COCc3ccccc3)NC(=O)C(C)(C)N)c2)cc1. The average Bonchev–Trinajstić information content (AvgIpc) is 3.59. The number of carbonyl (C=O) groups is 4. The molecule has 1 aliphatic rings. The van der Waals surface area contributed by atoms with Crippen molar-refractivity contribution in [3.05, 3.63) is 114 Å². The molecule has 0 spiro atoms. The summed E-state index contributed by atoms with van der Waals surface area (Å²) in [5, 5.41) is 5.44. The number of carbonyl (C=O) groups excluding carboxylic acids is 4. The molecule has 3 amide bonds. The minimum absolute atomic E-state index is 0.0961. The van der Waals surface area contributed by atoms with Crippen LogP contribution in [0.5, 0.6) is 5.75 Å². The summed E-state index contributed by atoms with van der Waals surface area (Å²) >= 11 is 0. The number of Topliss-reactive ketones (excluding diaryl/α,β-unsaturated/α-hetero) is 1. The van der Waals surface area contributed by atoms with Crippen LogP contribution in [-0.4, -0.2) is 76.3 Å². The molecule has 1 unspecified atom stereocenters. The molecule has 1 saturated heterocycles. The van der Waals surface area contributed by atoms with Gasteiger partial charge in [-0.15, -0.1) is 0 Å². The van der Waals surface area contributed by atoms with E-state index in [1.54, 1.807) is 48.8 Å². The summed E-state index contributed by atoms with van der Waals surface area (Å²) in [7, 11) is 1.57. The van der Waals surface area contributed by atoms with Crippen LogP contribution in [0.4, 0.5) is 5.82 Å². The molecule has 0 aliphatic carbocycles. The van der Waals surface area contributed by atoms with Crippen molar-refractivity contribution in [1.29, 1.82) is 0 Å². The van der Waals surface area contributed by atoms with Crippen molar-refractivity contribution in [1.82, 2.24) is 19.8 Å². The molecule has 4 aromatic rings. The summed E-state index contributed by atoms with van der Waals surface area (Å²) in [5.74, 6) is -0.490. The third kappa shape index (κ3) is 9.68. The number of ether oxygens (including phenoxy) is 2. The number of nitrogens with zero attached hydrogens (tertiary/aromatic N) is 3. The van der Waals surface area contributed by atoms with E-state index in [-0.39, 0.29) is 36.6 Å². The van der Waals surface area contributed by atoms with Crippen molar-refractivity contribution in [2.75, 3.05) is 32.1 Å². The normalized spacial score (nSPS) is 14.7. The highest BCUT2D eigenvalue weighted by Crippen LogP contribution is 2.28. The van der Waals surface area contributed by atoms with Gasteiger partial charge in [-0.25, -0.2) is 4.98 Å². The Labute approximate surface area is 298 Å². The van der Waals surface area contributed by atoms with Gasteiger partial charge in [-0.2, -0.15) is 0 Å². The Bertz CT molecular complexity index is 1790. The molecule has 4 N–H and O–H groups in total. The Morgan fingerprint density at radius 1 is 0.961 bits per heavy atom. The highest BCUT2D eigenvalue weighted by molar-refractivity contribution is 5.99. The second kappa shape index (κ2) is 16.6. The van der Waals surface area contributed by atoms with Crippen molar-refractivity contribution in [2.24, 2.45) is 11.7 Å². The maximum absolute atomic E-state index is 14.2. The molecule has 2 heterocycles. The summed E-state index contributed by atoms with van der Waals surface area (Å²) in [6.45, 7) is 6.05. The number of amides is 3. The van der Waals surface area contributed by atoms with Crippen molar-refractivity contribution in [3.8, 4) is 5.75 Å². The first-order valence-electron chi connectivity index (χ1n) is 17.0. The van der Waals surface area contributed by atoms with Gasteiger partial charge >= 0.3 is 0 Å². The second-order valence-electron chi connectivity index (χ2n) is 13.4. The Kier molecular flexibility index (Phi) is 12.0. The lowest BCUT2D eigenvalue weighted by molar-refractivity contribution is -0.134. The van der Waals surface area contributed by atoms with Gasteiger partial charge in [-0.3, -0.25) is 19.2 Å². The molecule has 3 aromatic carbocycles. The number of piperidine rings is 1. The number of ketones is 1. The summed E-state index contributed by atoms with van der Waals surface area (Å²) in [4.78, 5) is 59.9. The Morgan fingerprint density at radius 3 is 2.25 bits per heavy atom. The van der Waals surface area contributed by atoms with Crippen LogP contribution in [0.3, 0.4) is 0 Å². The van der Waals surface area contributed by atoms with E-state index < -0.39 is 29.4 Å². The molecule has 0 radical (unpaired) electrons. The lowest BCUT2D eigenvalue weighted by Crippen LogP contribution is -2.56. The van der Waals surface area contributed by atoms with Crippen LogP contribution in [0, 0.1) is 12.8 Å². The minimum Gasteiger partial charge on any atom is -0.497 e. The third-order valence-corrected chi connectivity index (χ3v) is 8.93. The van der Waals surface area contributed by atoms with E-state index in [0.29, 0.717) is 42.8 Å². The van der Waals surface area contributed by atoms with Gasteiger partial charge in [0.2, 0.25) is 11.8 Å². The van der Waals surface area contributed by atoms with Gasteiger partial charge < -0.3 is 35.3 Å². The largest absolute Gasteiger partial charge is 0.497 e. The molecule has 12 heteroatoms. The van der Waals surface area contributed by atoms with Gasteiger partial charge in [0.15, 0.2) is 11.6 Å². The van der Waals surface area contributed by atoms with E-state index in [0.717, 1.165) is 11.1 Å². The van der Waals surface area contributed by atoms with Crippen molar-refractivity contribution in [3.63, 3.8) is 0 Å². The fourth-order valence-corrected chi connectivity index (χ4v) is 5.87. The number of rotatable bonds is 14. The molecule has 268 valence electrons. The molecular formula is C39H46N6O6. The van der Waals surface area contributed by atoms with Crippen LogP contribution in [0.2, 0.25) is 0 Å². The topological polar surface area (TPSA) is 158 Å². The maximum Gasteiger partial charge on any atom is 0.250 e. The van der Waals surface area contributed by atoms with Gasteiger partial charge in [0.05, 0.1) is 32.2 Å². The van der Waals surface area contributed by atoms with Gasteiger partial charge in [0, 0.05) is 30.8 Å². The first kappa shape index (κ1) is 36.9. The third-order valence-electron chi connectivity index (χ3n) is 8.93. The molecule has 1 fully saturated rings. The van der Waals surface area contributed by atoms with Crippen LogP contribution in [0.15, 0.2) is 91.4 Å². The zero-order valence-corrected chi connectivity index (χ0v) is 29.5. The molecule has 0 saturated carbocycles. The van der Waals surface area contributed by atoms with E-state index in [9.17, 15) is 19.2 Å². The molecule has 12 nitrogen and oxygen atoms in total. The number of anilines is 1. The van der Waals surface area contributed by atoms with Crippen LogP contribution < -0.4 is 21.1 Å². The molecule has 51 heavy (non-hydrogen) atoms. The first-order valence-corrected chi connectivity index (χ1v) is 17.0. The Morgan fingerprint density at radius 2 is 1.63 bits per heavy atom. The van der Waals surface area contributed by atoms with E-state index >= 15 is 0 Å². The van der Waals surface area contributed by atoms with Crippen molar-refractivity contribution >= 4 is 29.3 Å². The quantitative estimate of drug-likeness (QED) is 0.165.